The number of carbonyl (C=O) groups excluding carboxylic acids is 1. The van der Waals surface area contributed by atoms with Gasteiger partial charge in [0.05, 0.1) is 18.4 Å². The largest absolute Gasteiger partial charge is 0.496 e. The van der Waals surface area contributed by atoms with Gasteiger partial charge in [0.1, 0.15) is 5.75 Å². The van der Waals surface area contributed by atoms with E-state index in [-0.39, 0.29) is 18.0 Å². The Balaban J connectivity index is 1.93. The number of nitrogens with zero attached hydrogens (tertiary/aromatic N) is 1. The fraction of sp³-hybridized carbons (Fsp3) is 0.316. The number of ether oxygens (including phenoxy) is 2. The summed E-state index contributed by atoms with van der Waals surface area (Å²) in [5.41, 5.74) is 1.82. The van der Waals surface area contributed by atoms with Gasteiger partial charge in [0.25, 0.3) is 0 Å². The molecule has 1 heterocycles. The number of hydrogen-bond acceptors (Lipinski definition) is 5. The maximum absolute atomic E-state index is 13.1. The molecule has 3 rings (SSSR count). The van der Waals surface area contributed by atoms with Crippen LogP contribution in [0.4, 0.5) is 0 Å². The van der Waals surface area contributed by atoms with Gasteiger partial charge < -0.3 is 9.47 Å². The molecule has 0 unspecified atom stereocenters. The Kier molecular flexibility index (Phi) is 5.29. The molecule has 0 saturated carbocycles. The lowest BCUT2D eigenvalue weighted by molar-refractivity contribution is -0.154. The highest BCUT2D eigenvalue weighted by atomic mass is 32.2. The van der Waals surface area contributed by atoms with Gasteiger partial charge in [-0.2, -0.15) is 4.31 Å². The summed E-state index contributed by atoms with van der Waals surface area (Å²) < 4.78 is 37.8. The number of cyclic esters (lactones) is 1. The van der Waals surface area contributed by atoms with Gasteiger partial charge in [-0.1, -0.05) is 35.9 Å². The van der Waals surface area contributed by atoms with Gasteiger partial charge in [-0.05, 0) is 37.1 Å². The van der Waals surface area contributed by atoms with Crippen LogP contribution in [0.2, 0.25) is 0 Å². The Hall–Kier alpha value is -2.38. The maximum atomic E-state index is 13.1. The van der Waals surface area contributed by atoms with Crippen LogP contribution in [0, 0.1) is 6.92 Å². The molecule has 0 amide bonds. The molecule has 1 fully saturated rings. The van der Waals surface area contributed by atoms with Crippen LogP contribution >= 0.6 is 0 Å². The van der Waals surface area contributed by atoms with E-state index in [1.807, 2.05) is 31.2 Å². The molecule has 7 heteroatoms. The number of sulfonamides is 1. The van der Waals surface area contributed by atoms with E-state index in [1.165, 1.54) is 4.31 Å². The van der Waals surface area contributed by atoms with Gasteiger partial charge in [0.15, 0.2) is 6.73 Å². The highest BCUT2D eigenvalue weighted by Gasteiger charge is 2.37. The van der Waals surface area contributed by atoms with Gasteiger partial charge in [-0.15, -0.1) is 0 Å². The van der Waals surface area contributed by atoms with E-state index < -0.39 is 22.0 Å². The van der Waals surface area contributed by atoms with Crippen LogP contribution in [0.5, 0.6) is 5.75 Å². The number of carbonyl (C=O) groups is 1. The third-order valence-corrected chi connectivity index (χ3v) is 6.33. The Morgan fingerprint density at radius 3 is 2.54 bits per heavy atom. The molecule has 1 aliphatic heterocycles. The SMILES string of the molecule is COc1ccccc1C[C@@H]1CC(=O)OCN1S(=O)(=O)c1ccc(C)cc1. The summed E-state index contributed by atoms with van der Waals surface area (Å²) in [4.78, 5) is 12.0. The molecular weight excluding hydrogens is 354 g/mol. The topological polar surface area (TPSA) is 72.9 Å². The number of benzene rings is 2. The summed E-state index contributed by atoms with van der Waals surface area (Å²) >= 11 is 0. The van der Waals surface area contributed by atoms with Crippen molar-refractivity contribution in [1.82, 2.24) is 4.31 Å². The van der Waals surface area contributed by atoms with Crippen molar-refractivity contribution in [1.29, 1.82) is 0 Å². The minimum absolute atomic E-state index is 0.00312. The molecule has 1 atom stereocenters. The zero-order valence-corrected chi connectivity index (χ0v) is 15.5. The van der Waals surface area contributed by atoms with Crippen molar-refractivity contribution in [2.45, 2.75) is 30.7 Å². The van der Waals surface area contributed by atoms with Crippen molar-refractivity contribution in [3.05, 3.63) is 59.7 Å². The van der Waals surface area contributed by atoms with E-state index in [4.69, 9.17) is 9.47 Å². The molecule has 0 bridgehead atoms. The van der Waals surface area contributed by atoms with Crippen LogP contribution in [-0.2, 0) is 26.0 Å². The summed E-state index contributed by atoms with van der Waals surface area (Å²) in [6.45, 7) is 1.61. The van der Waals surface area contributed by atoms with E-state index in [1.54, 1.807) is 31.4 Å². The Morgan fingerprint density at radius 2 is 1.85 bits per heavy atom. The summed E-state index contributed by atoms with van der Waals surface area (Å²) in [5, 5.41) is 0. The third-order valence-electron chi connectivity index (χ3n) is 4.44. The van der Waals surface area contributed by atoms with Gasteiger partial charge >= 0.3 is 5.97 Å². The molecule has 1 saturated heterocycles. The first-order valence-corrected chi connectivity index (χ1v) is 9.72. The first-order chi connectivity index (χ1) is 12.4. The second-order valence-corrected chi connectivity index (χ2v) is 8.12. The highest BCUT2D eigenvalue weighted by molar-refractivity contribution is 7.89. The average Bonchev–Trinajstić information content (AvgIpc) is 2.62. The Morgan fingerprint density at radius 1 is 1.15 bits per heavy atom. The van der Waals surface area contributed by atoms with Gasteiger partial charge in [-0.25, -0.2) is 8.42 Å². The molecule has 0 radical (unpaired) electrons. The van der Waals surface area contributed by atoms with Crippen LogP contribution in [0.3, 0.4) is 0 Å². The zero-order valence-electron chi connectivity index (χ0n) is 14.7. The molecule has 2 aromatic rings. The molecule has 0 N–H and O–H groups in total. The lowest BCUT2D eigenvalue weighted by Crippen LogP contribution is -2.48. The number of hydrogen-bond donors (Lipinski definition) is 0. The minimum atomic E-state index is -3.78. The maximum Gasteiger partial charge on any atom is 0.308 e. The summed E-state index contributed by atoms with van der Waals surface area (Å²) in [5.74, 6) is 0.263. The fourth-order valence-corrected chi connectivity index (χ4v) is 4.49. The number of esters is 1. The Bertz CT molecular complexity index is 892. The molecular formula is C19H21NO5S. The average molecular weight is 375 g/mol. The van der Waals surface area contributed by atoms with Crippen LogP contribution in [0.25, 0.3) is 0 Å². The van der Waals surface area contributed by atoms with E-state index in [9.17, 15) is 13.2 Å². The molecule has 138 valence electrons. The van der Waals surface area contributed by atoms with Crippen LogP contribution in [0.15, 0.2) is 53.4 Å². The first-order valence-electron chi connectivity index (χ1n) is 8.28. The lowest BCUT2D eigenvalue weighted by Gasteiger charge is -2.34. The molecule has 2 aromatic carbocycles. The van der Waals surface area contributed by atoms with Crippen LogP contribution in [0.1, 0.15) is 17.5 Å². The predicted octanol–water partition coefficient (Wildman–Crippen LogP) is 2.51. The molecule has 0 aliphatic carbocycles. The first kappa shape index (κ1) is 18.4. The zero-order chi connectivity index (χ0) is 18.7. The summed E-state index contributed by atoms with van der Waals surface area (Å²) in [7, 11) is -2.21. The molecule has 0 spiro atoms. The standard InChI is InChI=1S/C19H21NO5S/c1-14-7-9-17(10-8-14)26(22,23)20-13-25-19(21)12-16(20)11-15-5-3-4-6-18(15)24-2/h3-10,16H,11-13H2,1-2H3/t16-/m1/s1. The van der Waals surface area contributed by atoms with Crippen molar-refractivity contribution in [2.24, 2.45) is 0 Å². The van der Waals surface area contributed by atoms with Crippen molar-refractivity contribution in [2.75, 3.05) is 13.8 Å². The second kappa shape index (κ2) is 7.47. The number of rotatable bonds is 5. The van der Waals surface area contributed by atoms with Crippen LogP contribution < -0.4 is 4.74 Å². The Labute approximate surface area is 153 Å². The number of aryl methyl sites for hydroxylation is 1. The smallest absolute Gasteiger partial charge is 0.308 e. The normalized spacial score (nSPS) is 18.4. The minimum Gasteiger partial charge on any atom is -0.496 e. The third kappa shape index (κ3) is 3.73. The quantitative estimate of drug-likeness (QED) is 0.751. The number of methoxy groups -OCH3 is 1. The highest BCUT2D eigenvalue weighted by Crippen LogP contribution is 2.28. The van der Waals surface area contributed by atoms with Crippen LogP contribution in [-0.4, -0.2) is 38.6 Å². The summed E-state index contributed by atoms with van der Waals surface area (Å²) in [6.07, 6.45) is 0.368. The van der Waals surface area contributed by atoms with Gasteiger partial charge in [0, 0.05) is 6.04 Å². The molecule has 0 aromatic heterocycles. The van der Waals surface area contributed by atoms with E-state index in [2.05, 4.69) is 0 Å². The molecule has 1 aliphatic rings. The summed E-state index contributed by atoms with van der Waals surface area (Å²) in [6, 6.07) is 13.5. The molecule has 26 heavy (non-hydrogen) atoms. The molecule has 6 nitrogen and oxygen atoms in total. The van der Waals surface area contributed by atoms with Gasteiger partial charge in [-0.3, -0.25) is 4.79 Å². The van der Waals surface area contributed by atoms with E-state index in [0.717, 1.165) is 11.1 Å². The predicted molar refractivity (Wildman–Crippen MR) is 96.3 cm³/mol. The van der Waals surface area contributed by atoms with Crippen molar-refractivity contribution >= 4 is 16.0 Å². The fourth-order valence-electron chi connectivity index (χ4n) is 3.00. The van der Waals surface area contributed by atoms with Gasteiger partial charge in [0.2, 0.25) is 10.0 Å². The van der Waals surface area contributed by atoms with Crippen molar-refractivity contribution < 1.29 is 22.7 Å². The van der Waals surface area contributed by atoms with E-state index >= 15 is 0 Å². The lowest BCUT2D eigenvalue weighted by atomic mass is 10.0. The number of para-hydroxylation sites is 1. The monoisotopic (exact) mass is 375 g/mol. The van der Waals surface area contributed by atoms with Crippen molar-refractivity contribution in [3.63, 3.8) is 0 Å². The van der Waals surface area contributed by atoms with E-state index in [0.29, 0.717) is 12.2 Å². The van der Waals surface area contributed by atoms with Crippen molar-refractivity contribution in [3.8, 4) is 5.75 Å². The second-order valence-electron chi connectivity index (χ2n) is 6.22.